The van der Waals surface area contributed by atoms with Gasteiger partial charge in [0.2, 0.25) is 0 Å². The molecule has 4 nitrogen and oxygen atoms in total. The summed E-state index contributed by atoms with van der Waals surface area (Å²) in [5, 5.41) is 4.17. The Kier molecular flexibility index (Phi) is 4.42. The van der Waals surface area contributed by atoms with Gasteiger partial charge in [0, 0.05) is 19.6 Å². The fraction of sp³-hybridized carbons (Fsp3) is 0.750. The lowest BCUT2D eigenvalue weighted by Gasteiger charge is -2.22. The fourth-order valence-electron chi connectivity index (χ4n) is 2.48. The van der Waals surface area contributed by atoms with E-state index < -0.39 is 0 Å². The first-order valence-electron chi connectivity index (χ1n) is 6.33. The first-order chi connectivity index (χ1) is 8.22. The Morgan fingerprint density at radius 3 is 3.06 bits per heavy atom. The van der Waals surface area contributed by atoms with Crippen LogP contribution in [0.4, 0.5) is 0 Å². The highest BCUT2D eigenvalue weighted by Crippen LogP contribution is 2.15. The predicted molar refractivity (Wildman–Crippen MR) is 70.2 cm³/mol. The van der Waals surface area contributed by atoms with Gasteiger partial charge in [0.1, 0.15) is 11.0 Å². The van der Waals surface area contributed by atoms with E-state index >= 15 is 0 Å². The lowest BCUT2D eigenvalue weighted by molar-refractivity contribution is 0.259. The first kappa shape index (κ1) is 12.9. The van der Waals surface area contributed by atoms with Gasteiger partial charge in [-0.1, -0.05) is 18.5 Å². The average molecular weight is 257 g/mol. The van der Waals surface area contributed by atoms with E-state index in [2.05, 4.69) is 22.1 Å². The van der Waals surface area contributed by atoms with Crippen molar-refractivity contribution in [2.75, 3.05) is 19.6 Å². The molecule has 0 spiro atoms. The van der Waals surface area contributed by atoms with Crippen molar-refractivity contribution in [3.05, 3.63) is 17.2 Å². The van der Waals surface area contributed by atoms with Crippen LogP contribution in [0.2, 0.25) is 5.15 Å². The number of nitrogens with one attached hydrogen (secondary N) is 1. The molecule has 0 aromatic carbocycles. The minimum atomic E-state index is 0.691. The van der Waals surface area contributed by atoms with E-state index in [4.69, 9.17) is 11.6 Å². The Balaban J connectivity index is 1.78. The van der Waals surface area contributed by atoms with Crippen molar-refractivity contribution in [3.8, 4) is 0 Å². The molecule has 1 saturated heterocycles. The zero-order valence-electron chi connectivity index (χ0n) is 10.6. The molecule has 1 aliphatic heterocycles. The van der Waals surface area contributed by atoms with Gasteiger partial charge in [0.25, 0.3) is 0 Å². The van der Waals surface area contributed by atoms with Crippen molar-refractivity contribution in [1.29, 1.82) is 0 Å². The van der Waals surface area contributed by atoms with Gasteiger partial charge >= 0.3 is 0 Å². The monoisotopic (exact) mass is 256 g/mol. The number of aromatic nitrogens is 2. The van der Waals surface area contributed by atoms with Gasteiger partial charge in [0.15, 0.2) is 0 Å². The third-order valence-electron chi connectivity index (χ3n) is 3.60. The average Bonchev–Trinajstić information content (AvgIpc) is 2.90. The molecule has 0 aliphatic carbocycles. The van der Waals surface area contributed by atoms with E-state index in [1.165, 1.54) is 19.4 Å². The van der Waals surface area contributed by atoms with Crippen LogP contribution in [0.15, 0.2) is 6.20 Å². The van der Waals surface area contributed by atoms with Crippen molar-refractivity contribution in [1.82, 2.24) is 19.8 Å². The third-order valence-corrected chi connectivity index (χ3v) is 3.95. The smallest absolute Gasteiger partial charge is 0.128 e. The second-order valence-corrected chi connectivity index (χ2v) is 5.00. The molecule has 1 aromatic rings. The summed E-state index contributed by atoms with van der Waals surface area (Å²) in [4.78, 5) is 6.81. The van der Waals surface area contributed by atoms with E-state index in [1.54, 1.807) is 6.20 Å². The molecule has 2 rings (SSSR count). The number of likely N-dealkylation sites (N-methyl/N-ethyl adjacent to an activating group) is 1. The molecule has 1 aromatic heterocycles. The number of hydrogen-bond donors (Lipinski definition) is 1. The minimum Gasteiger partial charge on any atom is -0.321 e. The molecule has 2 heterocycles. The first-order valence-corrected chi connectivity index (χ1v) is 6.71. The van der Waals surface area contributed by atoms with E-state index in [0.29, 0.717) is 11.2 Å². The lowest BCUT2D eigenvalue weighted by atomic mass is 10.2. The van der Waals surface area contributed by atoms with Crippen molar-refractivity contribution in [2.24, 2.45) is 7.05 Å². The molecule has 0 amide bonds. The van der Waals surface area contributed by atoms with Crippen molar-refractivity contribution < 1.29 is 0 Å². The summed E-state index contributed by atoms with van der Waals surface area (Å²) >= 11 is 5.95. The maximum absolute atomic E-state index is 5.95. The maximum atomic E-state index is 5.95. The largest absolute Gasteiger partial charge is 0.321 e. The summed E-state index contributed by atoms with van der Waals surface area (Å²) in [5.41, 5.74) is 0. The van der Waals surface area contributed by atoms with Crippen LogP contribution in [0.25, 0.3) is 0 Å². The Hall–Kier alpha value is -0.580. The summed E-state index contributed by atoms with van der Waals surface area (Å²) < 4.78 is 1.92. The molecule has 1 fully saturated rings. The number of halogens is 1. The molecule has 1 unspecified atom stereocenters. The SMILES string of the molecule is CCN1CCCC1CNCc1ncc(Cl)n1C. The Labute approximate surface area is 108 Å². The van der Waals surface area contributed by atoms with Crippen molar-refractivity contribution >= 4 is 11.6 Å². The number of likely N-dealkylation sites (tertiary alicyclic amines) is 1. The summed E-state index contributed by atoms with van der Waals surface area (Å²) in [6, 6.07) is 0.691. The number of imidazole rings is 1. The van der Waals surface area contributed by atoms with E-state index in [-0.39, 0.29) is 0 Å². The zero-order valence-corrected chi connectivity index (χ0v) is 11.4. The van der Waals surface area contributed by atoms with Crippen LogP contribution < -0.4 is 5.32 Å². The summed E-state index contributed by atoms with van der Waals surface area (Å²) in [6.07, 6.45) is 4.34. The molecular formula is C12H21ClN4. The number of hydrogen-bond acceptors (Lipinski definition) is 3. The van der Waals surface area contributed by atoms with E-state index in [1.807, 2.05) is 11.6 Å². The van der Waals surface area contributed by atoms with Crippen molar-refractivity contribution in [2.45, 2.75) is 32.4 Å². The van der Waals surface area contributed by atoms with Gasteiger partial charge in [-0.25, -0.2) is 4.98 Å². The molecular weight excluding hydrogens is 236 g/mol. The summed E-state index contributed by atoms with van der Waals surface area (Å²) in [5.74, 6) is 0.996. The Morgan fingerprint density at radius 1 is 1.59 bits per heavy atom. The lowest BCUT2D eigenvalue weighted by Crippen LogP contribution is -2.37. The standard InChI is InChI=1S/C12H21ClN4/c1-3-17-6-4-5-10(17)7-14-9-12-15-8-11(13)16(12)2/h8,10,14H,3-7,9H2,1-2H3. The van der Waals surface area contributed by atoms with E-state index in [9.17, 15) is 0 Å². The van der Waals surface area contributed by atoms with Gasteiger partial charge in [0.05, 0.1) is 12.7 Å². The van der Waals surface area contributed by atoms with Gasteiger partial charge < -0.3 is 9.88 Å². The summed E-state index contributed by atoms with van der Waals surface area (Å²) in [6.45, 7) is 6.46. The van der Waals surface area contributed by atoms with Gasteiger partial charge in [-0.2, -0.15) is 0 Å². The molecule has 0 bridgehead atoms. The van der Waals surface area contributed by atoms with Crippen molar-refractivity contribution in [3.63, 3.8) is 0 Å². The van der Waals surface area contributed by atoms with Crippen LogP contribution in [0.5, 0.6) is 0 Å². The molecule has 96 valence electrons. The Morgan fingerprint density at radius 2 is 2.41 bits per heavy atom. The molecule has 1 N–H and O–H groups in total. The highest BCUT2D eigenvalue weighted by atomic mass is 35.5. The predicted octanol–water partition coefficient (Wildman–Crippen LogP) is 1.65. The molecule has 1 aliphatic rings. The van der Waals surface area contributed by atoms with Crippen LogP contribution in [0.3, 0.4) is 0 Å². The quantitative estimate of drug-likeness (QED) is 0.870. The minimum absolute atomic E-state index is 0.691. The molecule has 0 radical (unpaired) electrons. The highest BCUT2D eigenvalue weighted by Gasteiger charge is 2.22. The second kappa shape index (κ2) is 5.85. The van der Waals surface area contributed by atoms with Crippen LogP contribution in [-0.4, -0.2) is 40.1 Å². The topological polar surface area (TPSA) is 33.1 Å². The van der Waals surface area contributed by atoms with Crippen LogP contribution in [-0.2, 0) is 13.6 Å². The highest BCUT2D eigenvalue weighted by molar-refractivity contribution is 6.29. The van der Waals surface area contributed by atoms with Crippen LogP contribution in [0.1, 0.15) is 25.6 Å². The van der Waals surface area contributed by atoms with E-state index in [0.717, 1.165) is 25.5 Å². The van der Waals surface area contributed by atoms with Crippen LogP contribution >= 0.6 is 11.6 Å². The normalized spacial score (nSPS) is 21.2. The van der Waals surface area contributed by atoms with Crippen LogP contribution in [0, 0.1) is 0 Å². The van der Waals surface area contributed by atoms with Gasteiger partial charge in [-0.15, -0.1) is 0 Å². The third kappa shape index (κ3) is 3.00. The number of rotatable bonds is 5. The number of nitrogens with zero attached hydrogens (tertiary/aromatic N) is 3. The molecule has 17 heavy (non-hydrogen) atoms. The zero-order chi connectivity index (χ0) is 12.3. The summed E-state index contributed by atoms with van der Waals surface area (Å²) in [7, 11) is 1.94. The molecule has 0 saturated carbocycles. The fourth-order valence-corrected chi connectivity index (χ4v) is 2.63. The maximum Gasteiger partial charge on any atom is 0.128 e. The second-order valence-electron chi connectivity index (χ2n) is 4.61. The van der Waals surface area contributed by atoms with Gasteiger partial charge in [-0.3, -0.25) is 4.90 Å². The molecule has 5 heteroatoms. The van der Waals surface area contributed by atoms with Gasteiger partial charge in [-0.05, 0) is 25.9 Å². The Bertz CT molecular complexity index is 363. The molecule has 1 atom stereocenters.